The summed E-state index contributed by atoms with van der Waals surface area (Å²) >= 11 is 11.2. The molecule has 14 heavy (non-hydrogen) atoms. The van der Waals surface area contributed by atoms with E-state index in [1.54, 1.807) is 0 Å². The number of aromatic nitrogens is 1. The Kier molecular flexibility index (Phi) is 3.75. The number of pyridine rings is 1. The maximum Gasteiger partial charge on any atom is 0.339 e. The first kappa shape index (κ1) is 10.8. The normalized spacial score (nSPS) is 9.21. The maximum absolute atomic E-state index is 11.2. The second kappa shape index (κ2) is 4.85. The molecule has 0 radical (unpaired) electrons. The highest BCUT2D eigenvalue weighted by molar-refractivity contribution is 6.32. The Morgan fingerprint density at radius 2 is 2.07 bits per heavy atom. The third kappa shape index (κ3) is 2.91. The van der Waals surface area contributed by atoms with Crippen LogP contribution in [0.25, 0.3) is 0 Å². The van der Waals surface area contributed by atoms with Gasteiger partial charge >= 0.3 is 5.97 Å². The molecule has 0 unspecified atom stereocenters. The molecule has 0 N–H and O–H groups in total. The molecule has 0 saturated carbocycles. The lowest BCUT2D eigenvalue weighted by molar-refractivity contribution is 0.0556. The predicted molar refractivity (Wildman–Crippen MR) is 53.4 cm³/mol. The quantitative estimate of drug-likeness (QED) is 0.444. The standard InChI is InChI=1S/C9H5Cl2NO2/c1-2-3-14-9(13)6-4-7(10)12-8(11)5-6/h1,4-5H,3H2. The van der Waals surface area contributed by atoms with Gasteiger partial charge in [0.1, 0.15) is 10.3 Å². The van der Waals surface area contributed by atoms with E-state index in [9.17, 15) is 4.79 Å². The van der Waals surface area contributed by atoms with Crippen molar-refractivity contribution >= 4 is 29.2 Å². The molecule has 1 heterocycles. The van der Waals surface area contributed by atoms with Crippen LogP contribution in [0.4, 0.5) is 0 Å². The van der Waals surface area contributed by atoms with Crippen molar-refractivity contribution in [3.8, 4) is 12.3 Å². The summed E-state index contributed by atoms with van der Waals surface area (Å²) in [5.74, 6) is 1.60. The third-order valence-corrected chi connectivity index (χ3v) is 1.67. The van der Waals surface area contributed by atoms with E-state index < -0.39 is 5.97 Å². The van der Waals surface area contributed by atoms with E-state index in [0.29, 0.717) is 0 Å². The average molecular weight is 230 g/mol. The summed E-state index contributed by atoms with van der Waals surface area (Å²) in [4.78, 5) is 14.9. The minimum Gasteiger partial charge on any atom is -0.449 e. The molecule has 0 atom stereocenters. The monoisotopic (exact) mass is 229 g/mol. The number of halogens is 2. The molecule has 0 saturated heterocycles. The Hall–Kier alpha value is -1.24. The second-order valence-electron chi connectivity index (χ2n) is 2.28. The molecule has 3 nitrogen and oxygen atoms in total. The number of ether oxygens (including phenoxy) is 1. The van der Waals surface area contributed by atoms with Crippen molar-refractivity contribution < 1.29 is 9.53 Å². The van der Waals surface area contributed by atoms with Gasteiger partial charge in [-0.1, -0.05) is 29.1 Å². The number of carbonyl (C=O) groups is 1. The van der Waals surface area contributed by atoms with E-state index in [4.69, 9.17) is 29.6 Å². The summed E-state index contributed by atoms with van der Waals surface area (Å²) in [6.07, 6.45) is 4.92. The van der Waals surface area contributed by atoms with Crippen molar-refractivity contribution in [3.63, 3.8) is 0 Å². The topological polar surface area (TPSA) is 39.2 Å². The van der Waals surface area contributed by atoms with Crippen LogP contribution in [-0.4, -0.2) is 17.6 Å². The van der Waals surface area contributed by atoms with Crippen LogP contribution in [0, 0.1) is 12.3 Å². The Morgan fingerprint density at radius 3 is 2.57 bits per heavy atom. The summed E-state index contributed by atoms with van der Waals surface area (Å²) in [6.45, 7) is -0.0869. The number of terminal acetylenes is 1. The lowest BCUT2D eigenvalue weighted by atomic mass is 10.3. The molecule has 0 bridgehead atoms. The van der Waals surface area contributed by atoms with Crippen LogP contribution < -0.4 is 0 Å². The summed E-state index contributed by atoms with van der Waals surface area (Å²) in [5, 5.41) is 0.260. The molecule has 0 aliphatic rings. The van der Waals surface area contributed by atoms with Crippen molar-refractivity contribution in [2.24, 2.45) is 0 Å². The zero-order valence-electron chi connectivity index (χ0n) is 6.96. The number of nitrogens with zero attached hydrogens (tertiary/aromatic N) is 1. The zero-order chi connectivity index (χ0) is 10.6. The Balaban J connectivity index is 2.85. The summed E-state index contributed by atoms with van der Waals surface area (Å²) in [7, 11) is 0. The fourth-order valence-electron chi connectivity index (χ4n) is 0.773. The number of esters is 1. The first-order chi connectivity index (χ1) is 6.63. The number of hydrogen-bond donors (Lipinski definition) is 0. The molecule has 1 aromatic heterocycles. The van der Waals surface area contributed by atoms with Crippen molar-refractivity contribution in [1.82, 2.24) is 4.98 Å². The molecule has 0 amide bonds. The fourth-order valence-corrected chi connectivity index (χ4v) is 1.23. The molecule has 0 spiro atoms. The van der Waals surface area contributed by atoms with Crippen LogP contribution in [-0.2, 0) is 4.74 Å². The lowest BCUT2D eigenvalue weighted by Gasteiger charge is -2.01. The first-order valence-electron chi connectivity index (χ1n) is 3.57. The van der Waals surface area contributed by atoms with E-state index in [1.165, 1.54) is 12.1 Å². The van der Waals surface area contributed by atoms with Crippen LogP contribution in [0.2, 0.25) is 10.3 Å². The number of carbonyl (C=O) groups excluding carboxylic acids is 1. The van der Waals surface area contributed by atoms with Gasteiger partial charge in [-0.15, -0.1) is 6.42 Å². The van der Waals surface area contributed by atoms with Gasteiger partial charge in [0.2, 0.25) is 0 Å². The number of hydrogen-bond acceptors (Lipinski definition) is 3. The first-order valence-corrected chi connectivity index (χ1v) is 4.32. The van der Waals surface area contributed by atoms with E-state index in [-0.39, 0.29) is 22.5 Å². The highest BCUT2D eigenvalue weighted by Gasteiger charge is 2.09. The Bertz CT molecular complexity index is 378. The minimum absolute atomic E-state index is 0.0869. The predicted octanol–water partition coefficient (Wildman–Crippen LogP) is 2.18. The highest BCUT2D eigenvalue weighted by atomic mass is 35.5. The largest absolute Gasteiger partial charge is 0.449 e. The van der Waals surface area contributed by atoms with Crippen molar-refractivity contribution in [2.75, 3.05) is 6.61 Å². The van der Waals surface area contributed by atoms with E-state index in [0.717, 1.165) is 0 Å². The molecule has 72 valence electrons. The SMILES string of the molecule is C#CCOC(=O)c1cc(Cl)nc(Cl)c1. The summed E-state index contributed by atoms with van der Waals surface area (Å²) in [5.41, 5.74) is 0.227. The van der Waals surface area contributed by atoms with Crippen LogP contribution in [0.1, 0.15) is 10.4 Å². The molecule has 0 aromatic carbocycles. The molecular formula is C9H5Cl2NO2. The zero-order valence-corrected chi connectivity index (χ0v) is 8.47. The van der Waals surface area contributed by atoms with Gasteiger partial charge in [0, 0.05) is 0 Å². The summed E-state index contributed by atoms with van der Waals surface area (Å²) < 4.78 is 4.67. The fraction of sp³-hybridized carbons (Fsp3) is 0.111. The maximum atomic E-state index is 11.2. The van der Waals surface area contributed by atoms with Gasteiger partial charge in [0.25, 0.3) is 0 Å². The van der Waals surface area contributed by atoms with Crippen LogP contribution in [0.5, 0.6) is 0 Å². The van der Waals surface area contributed by atoms with E-state index >= 15 is 0 Å². The smallest absolute Gasteiger partial charge is 0.339 e. The van der Waals surface area contributed by atoms with Crippen LogP contribution in [0.3, 0.4) is 0 Å². The van der Waals surface area contributed by atoms with Gasteiger partial charge in [-0.3, -0.25) is 0 Å². The molecule has 0 aliphatic carbocycles. The van der Waals surface area contributed by atoms with Crippen LogP contribution >= 0.6 is 23.2 Å². The second-order valence-corrected chi connectivity index (χ2v) is 3.06. The van der Waals surface area contributed by atoms with Gasteiger partial charge in [-0.2, -0.15) is 0 Å². The molecule has 0 fully saturated rings. The van der Waals surface area contributed by atoms with Gasteiger partial charge in [0.05, 0.1) is 5.56 Å². The molecule has 1 aromatic rings. The average Bonchev–Trinajstić information content (AvgIpc) is 2.12. The van der Waals surface area contributed by atoms with Crippen LogP contribution in [0.15, 0.2) is 12.1 Å². The van der Waals surface area contributed by atoms with Crippen molar-refractivity contribution in [3.05, 3.63) is 28.0 Å². The van der Waals surface area contributed by atoms with Gasteiger partial charge in [-0.25, -0.2) is 9.78 Å². The van der Waals surface area contributed by atoms with Crippen molar-refractivity contribution in [1.29, 1.82) is 0 Å². The highest BCUT2D eigenvalue weighted by Crippen LogP contribution is 2.15. The number of rotatable bonds is 2. The van der Waals surface area contributed by atoms with Crippen molar-refractivity contribution in [2.45, 2.75) is 0 Å². The molecular weight excluding hydrogens is 225 g/mol. The van der Waals surface area contributed by atoms with E-state index in [1.807, 2.05) is 0 Å². The minimum atomic E-state index is -0.575. The molecule has 0 aliphatic heterocycles. The Morgan fingerprint density at radius 1 is 1.50 bits per heavy atom. The third-order valence-electron chi connectivity index (χ3n) is 1.29. The molecule has 5 heteroatoms. The Labute approximate surface area is 91.0 Å². The summed E-state index contributed by atoms with van der Waals surface area (Å²) in [6, 6.07) is 2.71. The van der Waals surface area contributed by atoms with E-state index in [2.05, 4.69) is 15.6 Å². The van der Waals surface area contributed by atoms with Gasteiger partial charge in [-0.05, 0) is 12.1 Å². The van der Waals surface area contributed by atoms with Gasteiger partial charge < -0.3 is 4.74 Å². The molecule has 1 rings (SSSR count). The lowest BCUT2D eigenvalue weighted by Crippen LogP contribution is -2.05. The van der Waals surface area contributed by atoms with Gasteiger partial charge in [0.15, 0.2) is 6.61 Å².